The topological polar surface area (TPSA) is 108 Å². The minimum atomic E-state index is -0.129. The van der Waals surface area contributed by atoms with E-state index in [2.05, 4.69) is 15.5 Å². The Morgan fingerprint density at radius 3 is 2.85 bits per heavy atom. The van der Waals surface area contributed by atoms with Crippen LogP contribution in [0.1, 0.15) is 5.76 Å². The van der Waals surface area contributed by atoms with Crippen LogP contribution in [0.15, 0.2) is 52.2 Å². The number of thioether (sulfide) groups is 1. The van der Waals surface area contributed by atoms with E-state index in [0.29, 0.717) is 29.9 Å². The minimum absolute atomic E-state index is 0.129. The third kappa shape index (κ3) is 4.37. The van der Waals surface area contributed by atoms with E-state index in [4.69, 9.17) is 15.0 Å². The summed E-state index contributed by atoms with van der Waals surface area (Å²) in [6.07, 6.45) is 1.57. The Morgan fingerprint density at radius 2 is 2.12 bits per heavy atom. The first-order valence-electron chi connectivity index (χ1n) is 7.97. The largest absolute Gasteiger partial charge is 0.492 e. The zero-order valence-electron chi connectivity index (χ0n) is 14.2. The molecule has 2 aromatic heterocycles. The molecule has 26 heavy (non-hydrogen) atoms. The van der Waals surface area contributed by atoms with Crippen LogP contribution in [0.2, 0.25) is 0 Å². The molecule has 1 amide bonds. The maximum Gasteiger partial charge on any atom is 0.230 e. The van der Waals surface area contributed by atoms with Crippen LogP contribution < -0.4 is 15.9 Å². The Balaban J connectivity index is 1.43. The number of hydrogen-bond acceptors (Lipinski definition) is 7. The smallest absolute Gasteiger partial charge is 0.230 e. The van der Waals surface area contributed by atoms with Gasteiger partial charge in [0.1, 0.15) is 18.1 Å². The van der Waals surface area contributed by atoms with Gasteiger partial charge in [0.15, 0.2) is 5.82 Å². The fourth-order valence-corrected chi connectivity index (χ4v) is 2.92. The van der Waals surface area contributed by atoms with Gasteiger partial charge in [0.25, 0.3) is 0 Å². The molecule has 9 heteroatoms. The molecule has 3 N–H and O–H groups in total. The molecular formula is C17H19N5O3S. The second-order valence-electron chi connectivity index (χ2n) is 5.37. The third-order valence-corrected chi connectivity index (χ3v) is 4.48. The molecule has 3 rings (SSSR count). The van der Waals surface area contributed by atoms with Crippen LogP contribution in [-0.4, -0.2) is 39.7 Å². The van der Waals surface area contributed by atoms with Gasteiger partial charge >= 0.3 is 0 Å². The van der Waals surface area contributed by atoms with Crippen molar-refractivity contribution in [2.45, 2.75) is 12.1 Å². The predicted molar refractivity (Wildman–Crippen MR) is 98.3 cm³/mol. The molecule has 0 radical (unpaired) electrons. The van der Waals surface area contributed by atoms with Crippen LogP contribution in [0.5, 0.6) is 5.75 Å². The number of nitrogens with two attached hydrogens (primary N) is 1. The summed E-state index contributed by atoms with van der Waals surface area (Å²) < 4.78 is 12.1. The van der Waals surface area contributed by atoms with Crippen LogP contribution in [0.4, 0.5) is 0 Å². The molecule has 0 aliphatic heterocycles. The van der Waals surface area contributed by atoms with Crippen LogP contribution in [-0.2, 0) is 4.79 Å². The van der Waals surface area contributed by atoms with E-state index in [1.54, 1.807) is 12.3 Å². The number of nitrogens with one attached hydrogen (secondary N) is 1. The standard InChI is InChI=1S/C17H19N5O3S/c1-12-14(7-9-24-12)16-20-21-17(22(16)18)26-11-15(23)19-8-10-25-13-5-3-2-4-6-13/h2-7,9H,8,10-11,18H2,1H3,(H,19,23). The summed E-state index contributed by atoms with van der Waals surface area (Å²) in [5.41, 5.74) is 0.773. The molecule has 0 aliphatic carbocycles. The Labute approximate surface area is 154 Å². The summed E-state index contributed by atoms with van der Waals surface area (Å²) in [7, 11) is 0. The third-order valence-electron chi connectivity index (χ3n) is 3.53. The quantitative estimate of drug-likeness (QED) is 0.352. The van der Waals surface area contributed by atoms with E-state index in [0.717, 1.165) is 11.3 Å². The first-order chi connectivity index (χ1) is 12.6. The number of ether oxygens (including phenoxy) is 1. The van der Waals surface area contributed by atoms with Crippen LogP contribution in [0.3, 0.4) is 0 Å². The lowest BCUT2D eigenvalue weighted by Gasteiger charge is -2.07. The number of aromatic nitrogens is 3. The molecule has 8 nitrogen and oxygen atoms in total. The van der Waals surface area contributed by atoms with Crippen molar-refractivity contribution in [3.8, 4) is 17.1 Å². The van der Waals surface area contributed by atoms with Crippen LogP contribution in [0.25, 0.3) is 11.4 Å². The Hall–Kier alpha value is -2.94. The maximum atomic E-state index is 11.9. The van der Waals surface area contributed by atoms with Crippen molar-refractivity contribution in [2.75, 3.05) is 24.7 Å². The molecule has 0 aliphatic rings. The lowest BCUT2D eigenvalue weighted by molar-refractivity contribution is -0.118. The summed E-state index contributed by atoms with van der Waals surface area (Å²) >= 11 is 1.21. The van der Waals surface area contributed by atoms with Gasteiger partial charge in [-0.2, -0.15) is 0 Å². The highest BCUT2D eigenvalue weighted by Crippen LogP contribution is 2.24. The van der Waals surface area contributed by atoms with Gasteiger partial charge < -0.3 is 20.3 Å². The Bertz CT molecular complexity index is 862. The van der Waals surface area contributed by atoms with Gasteiger partial charge in [-0.05, 0) is 25.1 Å². The van der Waals surface area contributed by atoms with Crippen molar-refractivity contribution in [3.05, 3.63) is 48.4 Å². The molecule has 1 aromatic carbocycles. The molecule has 0 unspecified atom stereocenters. The molecule has 0 saturated carbocycles. The lowest BCUT2D eigenvalue weighted by atomic mass is 10.2. The zero-order chi connectivity index (χ0) is 18.4. The van der Waals surface area contributed by atoms with E-state index in [1.165, 1.54) is 16.4 Å². The minimum Gasteiger partial charge on any atom is -0.492 e. The average molecular weight is 373 g/mol. The number of rotatable bonds is 8. The zero-order valence-corrected chi connectivity index (χ0v) is 15.0. The first kappa shape index (κ1) is 17.9. The first-order valence-corrected chi connectivity index (χ1v) is 8.96. The molecule has 0 spiro atoms. The summed E-state index contributed by atoms with van der Waals surface area (Å²) in [4.78, 5) is 11.9. The van der Waals surface area contributed by atoms with Gasteiger partial charge in [0.2, 0.25) is 11.1 Å². The molecule has 0 fully saturated rings. The average Bonchev–Trinajstić information content (AvgIpc) is 3.23. The molecule has 136 valence electrons. The van der Waals surface area contributed by atoms with E-state index in [1.807, 2.05) is 37.3 Å². The summed E-state index contributed by atoms with van der Waals surface area (Å²) in [6.45, 7) is 2.64. The van der Waals surface area contributed by atoms with Crippen molar-refractivity contribution in [3.63, 3.8) is 0 Å². The highest BCUT2D eigenvalue weighted by atomic mass is 32.2. The highest BCUT2D eigenvalue weighted by Gasteiger charge is 2.16. The van der Waals surface area contributed by atoms with Gasteiger partial charge in [0, 0.05) is 0 Å². The normalized spacial score (nSPS) is 10.7. The van der Waals surface area contributed by atoms with Gasteiger partial charge in [0.05, 0.1) is 24.1 Å². The summed E-state index contributed by atoms with van der Waals surface area (Å²) in [5, 5.41) is 11.3. The number of aryl methyl sites for hydroxylation is 1. The van der Waals surface area contributed by atoms with E-state index >= 15 is 0 Å². The van der Waals surface area contributed by atoms with Gasteiger partial charge in [-0.25, -0.2) is 4.68 Å². The number of carbonyl (C=O) groups excluding carboxylic acids is 1. The fraction of sp³-hybridized carbons (Fsp3) is 0.235. The number of benzene rings is 1. The SMILES string of the molecule is Cc1occc1-c1nnc(SCC(=O)NCCOc2ccccc2)n1N. The summed E-state index contributed by atoms with van der Waals surface area (Å²) in [5.74, 6) is 8.04. The maximum absolute atomic E-state index is 11.9. The van der Waals surface area contributed by atoms with E-state index in [-0.39, 0.29) is 11.7 Å². The van der Waals surface area contributed by atoms with Gasteiger partial charge in [-0.1, -0.05) is 30.0 Å². The number of hydrogen-bond donors (Lipinski definition) is 2. The number of carbonyl (C=O) groups is 1. The van der Waals surface area contributed by atoms with E-state index < -0.39 is 0 Å². The van der Waals surface area contributed by atoms with Crippen LogP contribution in [0, 0.1) is 6.92 Å². The molecule has 2 heterocycles. The van der Waals surface area contributed by atoms with Crippen molar-refractivity contribution < 1.29 is 13.9 Å². The number of furan rings is 1. The molecule has 0 saturated heterocycles. The number of nitrogens with zero attached hydrogens (tertiary/aromatic N) is 3. The lowest BCUT2D eigenvalue weighted by Crippen LogP contribution is -2.29. The van der Waals surface area contributed by atoms with Crippen molar-refractivity contribution in [2.24, 2.45) is 0 Å². The Kier molecular flexibility index (Phi) is 5.80. The fourth-order valence-electron chi connectivity index (χ4n) is 2.23. The van der Waals surface area contributed by atoms with Crippen molar-refractivity contribution in [1.29, 1.82) is 0 Å². The predicted octanol–water partition coefficient (Wildman–Crippen LogP) is 1.85. The molecular weight excluding hydrogens is 354 g/mol. The second kappa shape index (κ2) is 8.43. The van der Waals surface area contributed by atoms with Gasteiger partial charge in [-0.3, -0.25) is 4.79 Å². The molecule has 0 bridgehead atoms. The second-order valence-corrected chi connectivity index (χ2v) is 6.31. The highest BCUT2D eigenvalue weighted by molar-refractivity contribution is 7.99. The number of nitrogen functional groups attached to an aromatic ring is 1. The van der Waals surface area contributed by atoms with Gasteiger partial charge in [-0.15, -0.1) is 10.2 Å². The monoisotopic (exact) mass is 373 g/mol. The van der Waals surface area contributed by atoms with Crippen molar-refractivity contribution >= 4 is 17.7 Å². The van der Waals surface area contributed by atoms with Crippen LogP contribution >= 0.6 is 11.8 Å². The van der Waals surface area contributed by atoms with Crippen molar-refractivity contribution in [1.82, 2.24) is 20.2 Å². The number of para-hydroxylation sites is 1. The summed E-state index contributed by atoms with van der Waals surface area (Å²) in [6, 6.07) is 11.2. The number of amides is 1. The molecule has 0 atom stereocenters. The molecule has 3 aromatic rings. The van der Waals surface area contributed by atoms with E-state index in [9.17, 15) is 4.79 Å². The Morgan fingerprint density at radius 1 is 1.31 bits per heavy atom.